The fourth-order valence-corrected chi connectivity index (χ4v) is 2.41. The summed E-state index contributed by atoms with van der Waals surface area (Å²) < 4.78 is 11.2. The highest BCUT2D eigenvalue weighted by atomic mass is 16.5. The van der Waals surface area contributed by atoms with Gasteiger partial charge in [0.15, 0.2) is 0 Å². The van der Waals surface area contributed by atoms with Gasteiger partial charge in [-0.1, -0.05) is 30.3 Å². The molecule has 1 aromatic heterocycles. The molecule has 0 radical (unpaired) electrons. The molecular formula is C20H19NO4. The maximum atomic E-state index is 10.6. The molecule has 0 aliphatic carbocycles. The number of carboxylic acid groups (broad SMARTS) is 1. The fourth-order valence-electron chi connectivity index (χ4n) is 2.41. The van der Waals surface area contributed by atoms with Crippen molar-refractivity contribution in [3.05, 3.63) is 72.1 Å². The molecule has 0 fully saturated rings. The molecule has 1 N–H and O–H groups in total. The fraction of sp³-hybridized carbons (Fsp3) is 0.200. The summed E-state index contributed by atoms with van der Waals surface area (Å²) in [6.45, 7) is 0.495. The first-order valence-corrected chi connectivity index (χ1v) is 8.14. The number of benzene rings is 2. The molecule has 1 heterocycles. The lowest BCUT2D eigenvalue weighted by Crippen LogP contribution is -2.02. The van der Waals surface area contributed by atoms with E-state index in [1.54, 1.807) is 6.26 Å². The molecule has 0 amide bonds. The Balaban J connectivity index is 1.48. The minimum atomic E-state index is -0.789. The van der Waals surface area contributed by atoms with Gasteiger partial charge in [0.2, 0.25) is 5.89 Å². The molecule has 3 aromatic rings. The molecule has 5 heteroatoms. The van der Waals surface area contributed by atoms with Gasteiger partial charge in [-0.25, -0.2) is 4.98 Å². The zero-order valence-electron chi connectivity index (χ0n) is 13.7. The van der Waals surface area contributed by atoms with Crippen LogP contribution in [0.15, 0.2) is 65.3 Å². The van der Waals surface area contributed by atoms with Crippen LogP contribution in [0.2, 0.25) is 0 Å². The number of carbonyl (C=O) groups is 1. The first kappa shape index (κ1) is 16.8. The lowest BCUT2D eigenvalue weighted by molar-refractivity contribution is -0.136. The molecule has 25 heavy (non-hydrogen) atoms. The van der Waals surface area contributed by atoms with Gasteiger partial charge in [0.25, 0.3) is 0 Å². The van der Waals surface area contributed by atoms with Crippen LogP contribution in [0, 0.1) is 0 Å². The SMILES string of the molecule is O=C(O)CCc1ccc(OCCc2coc(-c3ccccc3)n2)cc1. The average Bonchev–Trinajstić information content (AvgIpc) is 3.11. The average molecular weight is 337 g/mol. The first-order valence-electron chi connectivity index (χ1n) is 8.14. The van der Waals surface area contributed by atoms with Gasteiger partial charge in [0.1, 0.15) is 12.0 Å². The Kier molecular flexibility index (Phi) is 5.46. The topological polar surface area (TPSA) is 72.6 Å². The third-order valence-corrected chi connectivity index (χ3v) is 3.75. The lowest BCUT2D eigenvalue weighted by atomic mass is 10.1. The third kappa shape index (κ3) is 4.94. The number of nitrogens with zero attached hydrogens (tertiary/aromatic N) is 1. The summed E-state index contributed by atoms with van der Waals surface area (Å²) in [4.78, 5) is 15.0. The standard InChI is InChI=1S/C20H19NO4/c22-19(23)11-8-15-6-9-18(10-7-15)24-13-12-17-14-25-20(21-17)16-4-2-1-3-5-16/h1-7,9-10,14H,8,11-13H2,(H,22,23). The molecule has 0 aliphatic rings. The van der Waals surface area contributed by atoms with Crippen LogP contribution in [0.1, 0.15) is 17.7 Å². The number of ether oxygens (including phenoxy) is 1. The summed E-state index contributed by atoms with van der Waals surface area (Å²) in [5.41, 5.74) is 2.78. The van der Waals surface area contributed by atoms with Crippen molar-refractivity contribution < 1.29 is 19.1 Å². The Hall–Kier alpha value is -3.08. The van der Waals surface area contributed by atoms with Crippen LogP contribution in [0.25, 0.3) is 11.5 Å². The number of oxazole rings is 1. The molecule has 0 bridgehead atoms. The maximum Gasteiger partial charge on any atom is 0.303 e. The van der Waals surface area contributed by atoms with Crippen LogP contribution >= 0.6 is 0 Å². The van der Waals surface area contributed by atoms with Crippen molar-refractivity contribution in [3.63, 3.8) is 0 Å². The minimum absolute atomic E-state index is 0.135. The van der Waals surface area contributed by atoms with E-state index in [1.807, 2.05) is 54.6 Å². The van der Waals surface area contributed by atoms with Gasteiger partial charge >= 0.3 is 5.97 Å². The summed E-state index contributed by atoms with van der Waals surface area (Å²) in [5.74, 6) is 0.576. The van der Waals surface area contributed by atoms with Crippen LogP contribution in [-0.4, -0.2) is 22.7 Å². The Morgan fingerprint density at radius 3 is 2.52 bits per heavy atom. The second kappa shape index (κ2) is 8.15. The first-order chi connectivity index (χ1) is 12.2. The quantitative estimate of drug-likeness (QED) is 0.673. The highest BCUT2D eigenvalue weighted by molar-refractivity contribution is 5.67. The number of aryl methyl sites for hydroxylation is 1. The molecule has 0 unspecified atom stereocenters. The molecule has 128 valence electrons. The predicted molar refractivity (Wildman–Crippen MR) is 93.5 cm³/mol. The lowest BCUT2D eigenvalue weighted by Gasteiger charge is -2.06. The van der Waals surface area contributed by atoms with Gasteiger partial charge in [-0.15, -0.1) is 0 Å². The number of aromatic nitrogens is 1. The van der Waals surface area contributed by atoms with Crippen molar-refractivity contribution in [1.29, 1.82) is 0 Å². The molecule has 0 aliphatic heterocycles. The Bertz CT molecular complexity index is 809. The van der Waals surface area contributed by atoms with Crippen LogP contribution in [0.3, 0.4) is 0 Å². The van der Waals surface area contributed by atoms with Crippen LogP contribution < -0.4 is 4.74 Å². The van der Waals surface area contributed by atoms with E-state index in [0.717, 1.165) is 22.6 Å². The number of hydrogen-bond donors (Lipinski definition) is 1. The van der Waals surface area contributed by atoms with Crippen LogP contribution in [-0.2, 0) is 17.6 Å². The van der Waals surface area contributed by atoms with Crippen molar-refractivity contribution in [2.24, 2.45) is 0 Å². The molecule has 0 saturated heterocycles. The van der Waals surface area contributed by atoms with E-state index in [1.165, 1.54) is 0 Å². The Morgan fingerprint density at radius 1 is 1.04 bits per heavy atom. The molecule has 0 spiro atoms. The number of carboxylic acids is 1. The van der Waals surface area contributed by atoms with E-state index >= 15 is 0 Å². The molecule has 3 rings (SSSR count). The maximum absolute atomic E-state index is 10.6. The monoisotopic (exact) mass is 337 g/mol. The zero-order chi connectivity index (χ0) is 17.5. The molecular weight excluding hydrogens is 318 g/mol. The van der Waals surface area contributed by atoms with Crippen molar-refractivity contribution >= 4 is 5.97 Å². The molecule has 2 aromatic carbocycles. The number of hydrogen-bond acceptors (Lipinski definition) is 4. The minimum Gasteiger partial charge on any atom is -0.493 e. The molecule has 0 saturated carbocycles. The van der Waals surface area contributed by atoms with Crippen molar-refractivity contribution in [2.45, 2.75) is 19.3 Å². The van der Waals surface area contributed by atoms with E-state index in [0.29, 0.717) is 25.3 Å². The van der Waals surface area contributed by atoms with Crippen molar-refractivity contribution in [1.82, 2.24) is 4.98 Å². The number of aliphatic carboxylic acids is 1. The van der Waals surface area contributed by atoms with Gasteiger partial charge in [0, 0.05) is 18.4 Å². The van der Waals surface area contributed by atoms with Gasteiger partial charge in [-0.2, -0.15) is 0 Å². The largest absolute Gasteiger partial charge is 0.493 e. The van der Waals surface area contributed by atoms with E-state index in [-0.39, 0.29) is 6.42 Å². The van der Waals surface area contributed by atoms with E-state index in [2.05, 4.69) is 4.98 Å². The predicted octanol–water partition coefficient (Wildman–Crippen LogP) is 3.98. The van der Waals surface area contributed by atoms with Gasteiger partial charge < -0.3 is 14.3 Å². The van der Waals surface area contributed by atoms with Gasteiger partial charge in [0.05, 0.1) is 12.3 Å². The van der Waals surface area contributed by atoms with E-state index in [4.69, 9.17) is 14.3 Å². The summed E-state index contributed by atoms with van der Waals surface area (Å²) >= 11 is 0. The number of rotatable bonds is 8. The van der Waals surface area contributed by atoms with Crippen LogP contribution in [0.4, 0.5) is 0 Å². The second-order valence-electron chi connectivity index (χ2n) is 5.65. The zero-order valence-corrected chi connectivity index (χ0v) is 13.7. The van der Waals surface area contributed by atoms with Crippen molar-refractivity contribution in [2.75, 3.05) is 6.61 Å². The van der Waals surface area contributed by atoms with Crippen LogP contribution in [0.5, 0.6) is 5.75 Å². The van der Waals surface area contributed by atoms with E-state index in [9.17, 15) is 4.79 Å². The van der Waals surface area contributed by atoms with E-state index < -0.39 is 5.97 Å². The van der Waals surface area contributed by atoms with Gasteiger partial charge in [-0.05, 0) is 36.2 Å². The summed E-state index contributed by atoms with van der Waals surface area (Å²) in [7, 11) is 0. The van der Waals surface area contributed by atoms with Gasteiger partial charge in [-0.3, -0.25) is 4.79 Å². The second-order valence-corrected chi connectivity index (χ2v) is 5.65. The van der Waals surface area contributed by atoms with Crippen molar-refractivity contribution in [3.8, 4) is 17.2 Å². The smallest absolute Gasteiger partial charge is 0.303 e. The highest BCUT2D eigenvalue weighted by Gasteiger charge is 2.06. The Labute approximate surface area is 145 Å². The summed E-state index contributed by atoms with van der Waals surface area (Å²) in [6.07, 6.45) is 2.96. The highest BCUT2D eigenvalue weighted by Crippen LogP contribution is 2.18. The summed E-state index contributed by atoms with van der Waals surface area (Å²) in [5, 5.41) is 8.69. The normalized spacial score (nSPS) is 10.6. The molecule has 5 nitrogen and oxygen atoms in total. The molecule has 0 atom stereocenters. The third-order valence-electron chi connectivity index (χ3n) is 3.75. The Morgan fingerprint density at radius 2 is 1.80 bits per heavy atom. The summed E-state index contributed by atoms with van der Waals surface area (Å²) in [6, 6.07) is 17.3.